The summed E-state index contributed by atoms with van der Waals surface area (Å²) in [7, 11) is 0. The standard InChI is InChI=1S/C20H23N3O3S2/c1-14-4-5-17(26-14)16(23-6-8-25-9-7-23)12-21-19(24)11-15-13-28-20(22-15)18-3-2-10-27-18/h2-5,10,13,16H,6-9,11-12H2,1H3,(H,21,24). The normalized spacial score (nSPS) is 16.2. The van der Waals surface area contributed by atoms with Gasteiger partial charge in [-0.3, -0.25) is 9.69 Å². The highest BCUT2D eigenvalue weighted by Crippen LogP contribution is 2.28. The number of rotatable bonds is 7. The summed E-state index contributed by atoms with van der Waals surface area (Å²) >= 11 is 3.24. The molecule has 3 aromatic heterocycles. The number of hydrogen-bond acceptors (Lipinski definition) is 7. The molecule has 1 amide bonds. The Bertz CT molecular complexity index is 898. The van der Waals surface area contributed by atoms with Crippen molar-refractivity contribution in [2.75, 3.05) is 32.8 Å². The van der Waals surface area contributed by atoms with Crippen molar-refractivity contribution in [3.05, 3.63) is 52.2 Å². The first-order valence-corrected chi connectivity index (χ1v) is 11.1. The minimum atomic E-state index is -0.0235. The molecule has 28 heavy (non-hydrogen) atoms. The lowest BCUT2D eigenvalue weighted by Crippen LogP contribution is -2.44. The predicted octanol–water partition coefficient (Wildman–Crippen LogP) is 3.51. The van der Waals surface area contributed by atoms with Crippen molar-refractivity contribution in [2.45, 2.75) is 19.4 Å². The van der Waals surface area contributed by atoms with E-state index in [4.69, 9.17) is 9.15 Å². The fourth-order valence-corrected chi connectivity index (χ4v) is 4.90. The van der Waals surface area contributed by atoms with Gasteiger partial charge in [-0.15, -0.1) is 22.7 Å². The first kappa shape index (κ1) is 19.3. The van der Waals surface area contributed by atoms with Crippen molar-refractivity contribution < 1.29 is 13.9 Å². The highest BCUT2D eigenvalue weighted by molar-refractivity contribution is 7.20. The van der Waals surface area contributed by atoms with Gasteiger partial charge in [-0.05, 0) is 30.5 Å². The third-order valence-electron chi connectivity index (χ3n) is 4.69. The number of ether oxygens (including phenoxy) is 1. The summed E-state index contributed by atoms with van der Waals surface area (Å²) in [6.07, 6.45) is 0.287. The zero-order valence-corrected chi connectivity index (χ0v) is 17.4. The summed E-state index contributed by atoms with van der Waals surface area (Å²) in [6, 6.07) is 8.03. The Morgan fingerprint density at radius 3 is 2.86 bits per heavy atom. The molecule has 6 nitrogen and oxygen atoms in total. The number of thiophene rings is 1. The Kier molecular flexibility index (Phi) is 6.21. The maximum absolute atomic E-state index is 12.5. The quantitative estimate of drug-likeness (QED) is 0.637. The number of hydrogen-bond donors (Lipinski definition) is 1. The van der Waals surface area contributed by atoms with Crippen molar-refractivity contribution in [3.8, 4) is 9.88 Å². The molecule has 1 saturated heterocycles. The molecule has 4 rings (SSSR count). The van der Waals surface area contributed by atoms with Crippen LogP contribution in [0.25, 0.3) is 9.88 Å². The maximum Gasteiger partial charge on any atom is 0.226 e. The van der Waals surface area contributed by atoms with Crippen LogP contribution in [0.1, 0.15) is 23.3 Å². The summed E-state index contributed by atoms with van der Waals surface area (Å²) in [5.41, 5.74) is 0.808. The van der Waals surface area contributed by atoms with Gasteiger partial charge < -0.3 is 14.5 Å². The average Bonchev–Trinajstić information content (AvgIpc) is 3.45. The Labute approximate surface area is 172 Å². The minimum Gasteiger partial charge on any atom is -0.465 e. The van der Waals surface area contributed by atoms with E-state index in [9.17, 15) is 4.79 Å². The lowest BCUT2D eigenvalue weighted by atomic mass is 10.1. The lowest BCUT2D eigenvalue weighted by Gasteiger charge is -2.33. The van der Waals surface area contributed by atoms with Crippen LogP contribution < -0.4 is 5.32 Å². The molecular weight excluding hydrogens is 394 g/mol. The van der Waals surface area contributed by atoms with E-state index in [1.54, 1.807) is 22.7 Å². The number of nitrogens with zero attached hydrogens (tertiary/aromatic N) is 2. The average molecular weight is 418 g/mol. The van der Waals surface area contributed by atoms with Gasteiger partial charge in [0.1, 0.15) is 16.5 Å². The number of carbonyl (C=O) groups is 1. The van der Waals surface area contributed by atoms with Gasteiger partial charge in [0.25, 0.3) is 0 Å². The van der Waals surface area contributed by atoms with Gasteiger partial charge in [-0.25, -0.2) is 4.98 Å². The predicted molar refractivity (Wildman–Crippen MR) is 111 cm³/mol. The molecule has 0 spiro atoms. The number of carbonyl (C=O) groups excluding carboxylic acids is 1. The fourth-order valence-electron chi connectivity index (χ4n) is 3.27. The van der Waals surface area contributed by atoms with E-state index >= 15 is 0 Å². The molecule has 0 saturated carbocycles. The summed E-state index contributed by atoms with van der Waals surface area (Å²) in [6.45, 7) is 5.51. The smallest absolute Gasteiger partial charge is 0.226 e. The SMILES string of the molecule is Cc1ccc(C(CNC(=O)Cc2csc(-c3cccs3)n2)N2CCOCC2)o1. The van der Waals surface area contributed by atoms with E-state index in [-0.39, 0.29) is 18.4 Å². The summed E-state index contributed by atoms with van der Waals surface area (Å²) in [5.74, 6) is 1.74. The van der Waals surface area contributed by atoms with Crippen LogP contribution in [-0.2, 0) is 16.0 Å². The zero-order chi connectivity index (χ0) is 19.3. The van der Waals surface area contributed by atoms with Gasteiger partial charge >= 0.3 is 0 Å². The highest BCUT2D eigenvalue weighted by atomic mass is 32.1. The summed E-state index contributed by atoms with van der Waals surface area (Å²) in [5, 5.41) is 8.03. The van der Waals surface area contributed by atoms with Gasteiger partial charge in [-0.2, -0.15) is 0 Å². The van der Waals surface area contributed by atoms with Crippen LogP contribution in [0, 0.1) is 6.92 Å². The molecule has 1 atom stereocenters. The van der Waals surface area contributed by atoms with E-state index in [2.05, 4.69) is 15.2 Å². The number of aryl methyl sites for hydroxylation is 1. The molecule has 1 unspecified atom stereocenters. The van der Waals surface area contributed by atoms with Crippen molar-refractivity contribution in [1.82, 2.24) is 15.2 Å². The number of thiazole rings is 1. The molecule has 1 N–H and O–H groups in total. The number of nitrogens with one attached hydrogen (secondary N) is 1. The van der Waals surface area contributed by atoms with E-state index in [0.717, 1.165) is 40.2 Å². The van der Waals surface area contributed by atoms with E-state index in [0.29, 0.717) is 19.8 Å². The largest absolute Gasteiger partial charge is 0.465 e. The van der Waals surface area contributed by atoms with Crippen molar-refractivity contribution in [1.29, 1.82) is 0 Å². The van der Waals surface area contributed by atoms with Gasteiger partial charge in [0.05, 0.1) is 36.2 Å². The Morgan fingerprint density at radius 1 is 1.29 bits per heavy atom. The van der Waals surface area contributed by atoms with Gasteiger partial charge in [-0.1, -0.05) is 6.07 Å². The topological polar surface area (TPSA) is 67.6 Å². The molecule has 0 bridgehead atoms. The molecule has 8 heteroatoms. The van der Waals surface area contributed by atoms with E-state index < -0.39 is 0 Å². The maximum atomic E-state index is 12.5. The monoisotopic (exact) mass is 417 g/mol. The molecule has 148 valence electrons. The molecule has 1 aliphatic heterocycles. The summed E-state index contributed by atoms with van der Waals surface area (Å²) in [4.78, 5) is 20.5. The number of morpholine rings is 1. The second-order valence-corrected chi connectivity index (χ2v) is 8.52. The molecule has 4 heterocycles. The molecule has 0 aliphatic carbocycles. The van der Waals surface area contributed by atoms with Crippen LogP contribution in [-0.4, -0.2) is 48.6 Å². The third-order valence-corrected chi connectivity index (χ3v) is 6.62. The van der Waals surface area contributed by atoms with E-state index in [1.807, 2.05) is 41.9 Å². The summed E-state index contributed by atoms with van der Waals surface area (Å²) < 4.78 is 11.3. The van der Waals surface area contributed by atoms with Crippen LogP contribution in [0.15, 0.2) is 39.4 Å². The first-order valence-electron chi connectivity index (χ1n) is 9.32. The Balaban J connectivity index is 1.37. The molecule has 0 radical (unpaired) electrons. The molecule has 1 aliphatic rings. The number of amides is 1. The lowest BCUT2D eigenvalue weighted by molar-refractivity contribution is -0.120. The van der Waals surface area contributed by atoms with Crippen molar-refractivity contribution in [2.24, 2.45) is 0 Å². The van der Waals surface area contributed by atoms with Crippen LogP contribution >= 0.6 is 22.7 Å². The fraction of sp³-hybridized carbons (Fsp3) is 0.400. The zero-order valence-electron chi connectivity index (χ0n) is 15.7. The van der Waals surface area contributed by atoms with Crippen molar-refractivity contribution >= 4 is 28.6 Å². The molecular formula is C20H23N3O3S2. The van der Waals surface area contributed by atoms with Gasteiger partial charge in [0.15, 0.2) is 0 Å². The molecule has 0 aromatic carbocycles. The van der Waals surface area contributed by atoms with Crippen LogP contribution in [0.2, 0.25) is 0 Å². The third kappa shape index (κ3) is 4.70. The Morgan fingerprint density at radius 2 is 2.14 bits per heavy atom. The Hall–Kier alpha value is -2.00. The highest BCUT2D eigenvalue weighted by Gasteiger charge is 2.25. The van der Waals surface area contributed by atoms with Crippen molar-refractivity contribution in [3.63, 3.8) is 0 Å². The van der Waals surface area contributed by atoms with Gasteiger partial charge in [0.2, 0.25) is 5.91 Å². The van der Waals surface area contributed by atoms with Crippen LogP contribution in [0.4, 0.5) is 0 Å². The van der Waals surface area contributed by atoms with Crippen LogP contribution in [0.3, 0.4) is 0 Å². The first-order chi connectivity index (χ1) is 13.7. The molecule has 1 fully saturated rings. The van der Waals surface area contributed by atoms with E-state index in [1.165, 1.54) is 0 Å². The van der Waals surface area contributed by atoms with Crippen LogP contribution in [0.5, 0.6) is 0 Å². The second kappa shape index (κ2) is 9.00. The van der Waals surface area contributed by atoms with Gasteiger partial charge in [0, 0.05) is 25.0 Å². The second-order valence-electron chi connectivity index (χ2n) is 6.71. The number of aromatic nitrogens is 1. The molecule has 3 aromatic rings. The number of furan rings is 1. The minimum absolute atomic E-state index is 0.0127.